The Labute approximate surface area is 120 Å². The smallest absolute Gasteiger partial charge is 0.353 e. The first-order chi connectivity index (χ1) is 10.2. The third kappa shape index (κ3) is 2.68. The van der Waals surface area contributed by atoms with Gasteiger partial charge in [0, 0.05) is 5.56 Å². The van der Waals surface area contributed by atoms with Crippen LogP contribution in [0.15, 0.2) is 24.3 Å². The molecule has 1 aromatic heterocycles. The van der Waals surface area contributed by atoms with Gasteiger partial charge < -0.3 is 19.3 Å². The van der Waals surface area contributed by atoms with Gasteiger partial charge in [-0.1, -0.05) is 0 Å². The van der Waals surface area contributed by atoms with Gasteiger partial charge in [-0.3, -0.25) is 5.10 Å². The van der Waals surface area contributed by atoms with E-state index in [1.807, 2.05) is 0 Å². The van der Waals surface area contributed by atoms with Gasteiger partial charge in [-0.15, -0.1) is 0 Å². The lowest BCUT2D eigenvalue weighted by molar-refractivity contribution is -0.0803. The van der Waals surface area contributed by atoms with Crippen molar-refractivity contribution in [2.45, 2.75) is 6.10 Å². The Morgan fingerprint density at radius 3 is 2.76 bits per heavy atom. The maximum atomic E-state index is 10.9. The van der Waals surface area contributed by atoms with Gasteiger partial charge in [-0.2, -0.15) is 5.10 Å². The van der Waals surface area contributed by atoms with Crippen molar-refractivity contribution in [1.29, 1.82) is 0 Å². The predicted molar refractivity (Wildman–Crippen MR) is 72.8 cm³/mol. The summed E-state index contributed by atoms with van der Waals surface area (Å²) in [5, 5.41) is 15.3. The fourth-order valence-corrected chi connectivity index (χ4v) is 1.97. The number of aromatic nitrogens is 2. The lowest BCUT2D eigenvalue weighted by Gasteiger charge is -2.27. The topological polar surface area (TPSA) is 93.7 Å². The molecule has 1 saturated heterocycles. The van der Waals surface area contributed by atoms with Crippen LogP contribution in [0.3, 0.4) is 0 Å². The highest BCUT2D eigenvalue weighted by Crippen LogP contribution is 2.33. The number of aromatic amines is 1. The molecule has 1 aliphatic rings. The summed E-state index contributed by atoms with van der Waals surface area (Å²) in [5.74, 6) is 0.147. The minimum atomic E-state index is -1.05. The number of hydrogen-bond donors (Lipinski definition) is 2. The molecule has 0 unspecified atom stereocenters. The summed E-state index contributed by atoms with van der Waals surface area (Å²) >= 11 is 0. The van der Waals surface area contributed by atoms with Gasteiger partial charge in [-0.25, -0.2) is 4.79 Å². The Bertz CT molecular complexity index is 663. The highest BCUT2D eigenvalue weighted by molar-refractivity contribution is 5.86. The molecule has 2 aromatic rings. The molecule has 0 aliphatic carbocycles. The van der Waals surface area contributed by atoms with Crippen LogP contribution in [-0.4, -0.2) is 47.7 Å². The second kappa shape index (κ2) is 5.45. The number of carboxylic acids is 1. The molecule has 21 heavy (non-hydrogen) atoms. The van der Waals surface area contributed by atoms with Crippen LogP contribution >= 0.6 is 0 Å². The molecule has 2 N–H and O–H groups in total. The largest absolute Gasteiger partial charge is 0.493 e. The molecular formula is C14H14N2O5. The molecular weight excluding hydrogens is 276 g/mol. The first-order valence-electron chi connectivity index (χ1n) is 6.39. The Hall–Kier alpha value is -2.54. The third-order valence-electron chi connectivity index (χ3n) is 3.17. The number of methoxy groups -OCH3 is 1. The van der Waals surface area contributed by atoms with Crippen LogP contribution in [0.1, 0.15) is 10.5 Å². The van der Waals surface area contributed by atoms with E-state index >= 15 is 0 Å². The molecule has 0 saturated carbocycles. The van der Waals surface area contributed by atoms with Crippen LogP contribution in [-0.2, 0) is 4.74 Å². The molecule has 0 bridgehead atoms. The zero-order chi connectivity index (χ0) is 14.8. The molecule has 7 heteroatoms. The van der Waals surface area contributed by atoms with Crippen LogP contribution in [0, 0.1) is 0 Å². The SMILES string of the molecule is COc1cc(-c2cc(C(=O)O)[nH]n2)ccc1OC1COC1. The minimum absolute atomic E-state index is 0.0379. The number of carbonyl (C=O) groups is 1. The molecule has 0 atom stereocenters. The second-order valence-electron chi connectivity index (χ2n) is 4.61. The summed E-state index contributed by atoms with van der Waals surface area (Å²) in [7, 11) is 1.55. The van der Waals surface area contributed by atoms with E-state index < -0.39 is 5.97 Å². The first-order valence-corrected chi connectivity index (χ1v) is 6.39. The Morgan fingerprint density at radius 1 is 1.38 bits per heavy atom. The number of nitrogens with zero attached hydrogens (tertiary/aromatic N) is 1. The first kappa shape index (κ1) is 13.4. The summed E-state index contributed by atoms with van der Waals surface area (Å²) in [6.45, 7) is 1.15. The molecule has 0 spiro atoms. The monoisotopic (exact) mass is 290 g/mol. The Kier molecular flexibility index (Phi) is 3.49. The maximum Gasteiger partial charge on any atom is 0.353 e. The van der Waals surface area contributed by atoms with Crippen LogP contribution in [0.25, 0.3) is 11.3 Å². The number of nitrogens with one attached hydrogen (secondary N) is 1. The van der Waals surface area contributed by atoms with Gasteiger partial charge in [0.15, 0.2) is 11.5 Å². The summed E-state index contributed by atoms with van der Waals surface area (Å²) in [6.07, 6.45) is 0.0498. The highest BCUT2D eigenvalue weighted by Gasteiger charge is 2.22. The fraction of sp³-hybridized carbons (Fsp3) is 0.286. The summed E-state index contributed by atoms with van der Waals surface area (Å²) < 4.78 is 16.1. The quantitative estimate of drug-likeness (QED) is 0.868. The van der Waals surface area contributed by atoms with Crippen LogP contribution < -0.4 is 9.47 Å². The van der Waals surface area contributed by atoms with Crippen molar-refractivity contribution >= 4 is 5.97 Å². The average molecular weight is 290 g/mol. The lowest BCUT2D eigenvalue weighted by atomic mass is 10.1. The molecule has 7 nitrogen and oxygen atoms in total. The molecule has 1 aromatic carbocycles. The highest BCUT2D eigenvalue weighted by atomic mass is 16.6. The average Bonchev–Trinajstić information content (AvgIpc) is 2.92. The molecule has 2 heterocycles. The van der Waals surface area contributed by atoms with Crippen LogP contribution in [0.2, 0.25) is 0 Å². The predicted octanol–water partition coefficient (Wildman–Crippen LogP) is 1.56. The van der Waals surface area contributed by atoms with E-state index in [2.05, 4.69) is 10.2 Å². The van der Waals surface area contributed by atoms with E-state index in [0.29, 0.717) is 30.4 Å². The van der Waals surface area contributed by atoms with E-state index in [1.54, 1.807) is 25.3 Å². The van der Waals surface area contributed by atoms with Crippen molar-refractivity contribution in [2.75, 3.05) is 20.3 Å². The number of ether oxygens (including phenoxy) is 3. The molecule has 110 valence electrons. The summed E-state index contributed by atoms with van der Waals surface area (Å²) in [5.41, 5.74) is 1.31. The van der Waals surface area contributed by atoms with Crippen molar-refractivity contribution in [1.82, 2.24) is 10.2 Å². The van der Waals surface area contributed by atoms with Gasteiger partial charge in [0.25, 0.3) is 0 Å². The number of H-pyrrole nitrogens is 1. The Balaban J connectivity index is 1.86. The molecule has 1 aliphatic heterocycles. The van der Waals surface area contributed by atoms with Gasteiger partial charge >= 0.3 is 5.97 Å². The van der Waals surface area contributed by atoms with Gasteiger partial charge in [0.2, 0.25) is 0 Å². The normalized spacial score (nSPS) is 14.5. The van der Waals surface area contributed by atoms with Gasteiger partial charge in [-0.05, 0) is 24.3 Å². The number of aromatic carboxylic acids is 1. The minimum Gasteiger partial charge on any atom is -0.493 e. The summed E-state index contributed by atoms with van der Waals surface area (Å²) in [6, 6.07) is 6.81. The zero-order valence-electron chi connectivity index (χ0n) is 11.3. The van der Waals surface area contributed by atoms with E-state index in [0.717, 1.165) is 5.56 Å². The molecule has 1 fully saturated rings. The number of hydrogen-bond acceptors (Lipinski definition) is 5. The van der Waals surface area contributed by atoms with E-state index in [-0.39, 0.29) is 11.8 Å². The third-order valence-corrected chi connectivity index (χ3v) is 3.17. The van der Waals surface area contributed by atoms with Crippen molar-refractivity contribution in [3.63, 3.8) is 0 Å². The zero-order valence-corrected chi connectivity index (χ0v) is 11.3. The second-order valence-corrected chi connectivity index (χ2v) is 4.61. The van der Waals surface area contributed by atoms with E-state index in [1.165, 1.54) is 6.07 Å². The standard InChI is InChI=1S/C14H14N2O5/c1-19-13-4-8(10-5-11(14(17)18)16-15-10)2-3-12(13)21-9-6-20-7-9/h2-5,9H,6-7H2,1H3,(H,15,16)(H,17,18). The Morgan fingerprint density at radius 2 is 2.19 bits per heavy atom. The van der Waals surface area contributed by atoms with Crippen LogP contribution in [0.4, 0.5) is 0 Å². The summed E-state index contributed by atoms with van der Waals surface area (Å²) in [4.78, 5) is 10.9. The van der Waals surface area contributed by atoms with Crippen molar-refractivity contribution in [2.24, 2.45) is 0 Å². The lowest BCUT2D eigenvalue weighted by Crippen LogP contribution is -2.38. The molecule has 3 rings (SSSR count). The van der Waals surface area contributed by atoms with Crippen molar-refractivity contribution in [3.05, 3.63) is 30.0 Å². The van der Waals surface area contributed by atoms with Crippen molar-refractivity contribution in [3.8, 4) is 22.8 Å². The number of carboxylic acid groups (broad SMARTS) is 1. The number of benzene rings is 1. The van der Waals surface area contributed by atoms with E-state index in [4.69, 9.17) is 19.3 Å². The van der Waals surface area contributed by atoms with Gasteiger partial charge in [0.05, 0.1) is 26.0 Å². The number of rotatable bonds is 5. The van der Waals surface area contributed by atoms with Gasteiger partial charge in [0.1, 0.15) is 11.8 Å². The fourth-order valence-electron chi connectivity index (χ4n) is 1.97. The maximum absolute atomic E-state index is 10.9. The van der Waals surface area contributed by atoms with Crippen molar-refractivity contribution < 1.29 is 24.1 Å². The molecule has 0 radical (unpaired) electrons. The van der Waals surface area contributed by atoms with E-state index in [9.17, 15) is 4.79 Å². The van der Waals surface area contributed by atoms with Crippen LogP contribution in [0.5, 0.6) is 11.5 Å². The molecule has 0 amide bonds.